The lowest BCUT2D eigenvalue weighted by atomic mass is 10.1. The number of nitrogen functional groups attached to an aromatic ring is 1. The first-order valence-corrected chi connectivity index (χ1v) is 5.62. The van der Waals surface area contributed by atoms with Crippen LogP contribution in [-0.4, -0.2) is 0 Å². The molecule has 92 valence electrons. The van der Waals surface area contributed by atoms with E-state index in [2.05, 4.69) is 6.07 Å². The van der Waals surface area contributed by atoms with Crippen LogP contribution in [0.25, 0.3) is 0 Å². The third kappa shape index (κ3) is 2.65. The number of nitrogens with zero attached hydrogens (tertiary/aromatic N) is 2. The fourth-order valence-electron chi connectivity index (χ4n) is 1.66. The number of hydrogen-bond donors (Lipinski definition) is 1. The first-order chi connectivity index (χ1) is 9.13. The predicted octanol–water partition coefficient (Wildman–Crippen LogP) is 3.11. The van der Waals surface area contributed by atoms with E-state index in [1.807, 2.05) is 13.0 Å². The molecule has 0 spiro atoms. The lowest BCUT2D eigenvalue weighted by Crippen LogP contribution is -1.94. The fourth-order valence-corrected chi connectivity index (χ4v) is 1.66. The average molecular weight is 249 g/mol. The van der Waals surface area contributed by atoms with Crippen LogP contribution in [0.5, 0.6) is 11.5 Å². The summed E-state index contributed by atoms with van der Waals surface area (Å²) < 4.78 is 5.70. The minimum Gasteiger partial charge on any atom is -0.455 e. The number of nitriles is 2. The Morgan fingerprint density at radius 1 is 0.947 bits per heavy atom. The third-order valence-corrected chi connectivity index (χ3v) is 2.66. The van der Waals surface area contributed by atoms with Crippen molar-refractivity contribution in [2.45, 2.75) is 6.92 Å². The normalized spacial score (nSPS) is 9.42. The molecule has 0 aliphatic rings. The molecular weight excluding hydrogens is 238 g/mol. The minimum absolute atomic E-state index is 0.405. The smallest absolute Gasteiger partial charge is 0.150 e. The molecule has 0 aromatic heterocycles. The van der Waals surface area contributed by atoms with Crippen molar-refractivity contribution in [2.75, 3.05) is 5.73 Å². The van der Waals surface area contributed by atoms with Crippen LogP contribution in [0.15, 0.2) is 36.4 Å². The van der Waals surface area contributed by atoms with Crippen LogP contribution in [0, 0.1) is 29.6 Å². The van der Waals surface area contributed by atoms with Gasteiger partial charge in [0.1, 0.15) is 11.5 Å². The van der Waals surface area contributed by atoms with Gasteiger partial charge in [-0.15, -0.1) is 0 Å². The molecule has 2 rings (SSSR count). The van der Waals surface area contributed by atoms with E-state index in [0.29, 0.717) is 28.3 Å². The molecule has 0 heterocycles. The van der Waals surface area contributed by atoms with Crippen LogP contribution in [0.1, 0.15) is 16.7 Å². The van der Waals surface area contributed by atoms with E-state index >= 15 is 0 Å². The molecule has 4 nitrogen and oxygen atoms in total. The average Bonchev–Trinajstić information content (AvgIpc) is 2.42. The molecule has 19 heavy (non-hydrogen) atoms. The molecule has 2 aromatic rings. The van der Waals surface area contributed by atoms with E-state index in [0.717, 1.165) is 5.56 Å². The predicted molar refractivity (Wildman–Crippen MR) is 71.5 cm³/mol. The van der Waals surface area contributed by atoms with Crippen LogP contribution in [0.4, 0.5) is 5.69 Å². The van der Waals surface area contributed by atoms with Gasteiger partial charge in [0.2, 0.25) is 0 Å². The van der Waals surface area contributed by atoms with Gasteiger partial charge in [-0.1, -0.05) is 0 Å². The molecule has 0 saturated heterocycles. The fraction of sp³-hybridized carbons (Fsp3) is 0.0667. The van der Waals surface area contributed by atoms with E-state index in [9.17, 15) is 0 Å². The lowest BCUT2D eigenvalue weighted by Gasteiger charge is -2.11. The molecule has 0 bridgehead atoms. The van der Waals surface area contributed by atoms with Crippen molar-refractivity contribution in [3.63, 3.8) is 0 Å². The van der Waals surface area contributed by atoms with Crippen LogP contribution < -0.4 is 10.5 Å². The standard InChI is InChI=1S/C15H11N3O/c1-10-6-11(8-16)2-4-14(10)19-15-5-3-12(9-17)7-13(15)18/h2-7H,18H2,1H3. The lowest BCUT2D eigenvalue weighted by molar-refractivity contribution is 0.481. The van der Waals surface area contributed by atoms with Gasteiger partial charge < -0.3 is 10.5 Å². The molecule has 0 aliphatic heterocycles. The van der Waals surface area contributed by atoms with E-state index in [1.54, 1.807) is 36.4 Å². The number of rotatable bonds is 2. The zero-order valence-corrected chi connectivity index (χ0v) is 10.3. The molecule has 2 aromatic carbocycles. The van der Waals surface area contributed by atoms with Gasteiger partial charge in [-0.3, -0.25) is 0 Å². The summed E-state index contributed by atoms with van der Waals surface area (Å²) in [6, 6.07) is 14.1. The second-order valence-corrected chi connectivity index (χ2v) is 4.06. The van der Waals surface area contributed by atoms with E-state index in [1.165, 1.54) is 0 Å². The van der Waals surface area contributed by atoms with Crippen molar-refractivity contribution in [2.24, 2.45) is 0 Å². The van der Waals surface area contributed by atoms with Crippen molar-refractivity contribution in [1.82, 2.24) is 0 Å². The second-order valence-electron chi connectivity index (χ2n) is 4.06. The number of aryl methyl sites for hydroxylation is 1. The molecule has 0 fully saturated rings. The van der Waals surface area contributed by atoms with Crippen LogP contribution in [0.2, 0.25) is 0 Å². The molecule has 2 N–H and O–H groups in total. The topological polar surface area (TPSA) is 82.8 Å². The van der Waals surface area contributed by atoms with E-state index in [-0.39, 0.29) is 0 Å². The van der Waals surface area contributed by atoms with Gasteiger partial charge in [0.25, 0.3) is 0 Å². The third-order valence-electron chi connectivity index (χ3n) is 2.66. The Kier molecular flexibility index (Phi) is 3.36. The van der Waals surface area contributed by atoms with Crippen molar-refractivity contribution in [1.29, 1.82) is 10.5 Å². The van der Waals surface area contributed by atoms with Gasteiger partial charge in [-0.25, -0.2) is 0 Å². The van der Waals surface area contributed by atoms with Crippen molar-refractivity contribution < 1.29 is 4.74 Å². The summed E-state index contributed by atoms with van der Waals surface area (Å²) in [4.78, 5) is 0. The Morgan fingerprint density at radius 2 is 1.53 bits per heavy atom. The first kappa shape index (κ1) is 12.5. The molecule has 0 radical (unpaired) electrons. The van der Waals surface area contributed by atoms with Gasteiger partial charge in [0.15, 0.2) is 0 Å². The minimum atomic E-state index is 0.405. The van der Waals surface area contributed by atoms with Crippen LogP contribution in [0.3, 0.4) is 0 Å². The zero-order valence-electron chi connectivity index (χ0n) is 10.3. The highest BCUT2D eigenvalue weighted by atomic mass is 16.5. The Labute approximate surface area is 111 Å². The molecule has 4 heteroatoms. The van der Waals surface area contributed by atoms with Crippen LogP contribution >= 0.6 is 0 Å². The van der Waals surface area contributed by atoms with E-state index < -0.39 is 0 Å². The molecule has 0 atom stereocenters. The summed E-state index contributed by atoms with van der Waals surface area (Å²) in [5.41, 5.74) is 8.15. The number of anilines is 1. The molecule has 0 aliphatic carbocycles. The maximum atomic E-state index is 8.80. The highest BCUT2D eigenvalue weighted by Gasteiger charge is 2.06. The van der Waals surface area contributed by atoms with Gasteiger partial charge in [-0.05, 0) is 48.9 Å². The Bertz CT molecular complexity index is 647. The number of nitrogens with two attached hydrogens (primary N) is 1. The number of benzene rings is 2. The summed E-state index contributed by atoms with van der Waals surface area (Å²) >= 11 is 0. The Balaban J connectivity index is 2.32. The summed E-state index contributed by atoms with van der Waals surface area (Å²) in [7, 11) is 0. The largest absolute Gasteiger partial charge is 0.455 e. The summed E-state index contributed by atoms with van der Waals surface area (Å²) in [5, 5.41) is 17.6. The van der Waals surface area contributed by atoms with Gasteiger partial charge in [0, 0.05) is 0 Å². The van der Waals surface area contributed by atoms with Gasteiger partial charge >= 0.3 is 0 Å². The molecule has 0 saturated carbocycles. The summed E-state index contributed by atoms with van der Waals surface area (Å²) in [5.74, 6) is 1.13. The van der Waals surface area contributed by atoms with Crippen molar-refractivity contribution >= 4 is 5.69 Å². The Morgan fingerprint density at radius 3 is 2.05 bits per heavy atom. The number of ether oxygens (including phenoxy) is 1. The van der Waals surface area contributed by atoms with Crippen molar-refractivity contribution in [3.8, 4) is 23.6 Å². The quantitative estimate of drug-likeness (QED) is 0.829. The summed E-state index contributed by atoms with van der Waals surface area (Å²) in [6.45, 7) is 1.86. The molecular formula is C15H11N3O. The van der Waals surface area contributed by atoms with Crippen molar-refractivity contribution in [3.05, 3.63) is 53.1 Å². The second kappa shape index (κ2) is 5.12. The van der Waals surface area contributed by atoms with Crippen LogP contribution in [-0.2, 0) is 0 Å². The number of hydrogen-bond acceptors (Lipinski definition) is 4. The van der Waals surface area contributed by atoms with E-state index in [4.69, 9.17) is 21.0 Å². The van der Waals surface area contributed by atoms with Gasteiger partial charge in [-0.2, -0.15) is 10.5 Å². The maximum Gasteiger partial charge on any atom is 0.150 e. The molecule has 0 unspecified atom stereocenters. The zero-order chi connectivity index (χ0) is 13.8. The maximum absolute atomic E-state index is 8.80. The molecule has 0 amide bonds. The monoisotopic (exact) mass is 249 g/mol. The summed E-state index contributed by atoms with van der Waals surface area (Å²) in [6.07, 6.45) is 0. The highest BCUT2D eigenvalue weighted by Crippen LogP contribution is 2.30. The first-order valence-electron chi connectivity index (χ1n) is 5.62. The Hall–Kier alpha value is -2.98. The highest BCUT2D eigenvalue weighted by molar-refractivity contribution is 5.58. The van der Waals surface area contributed by atoms with Gasteiger partial charge in [0.05, 0.1) is 29.0 Å². The SMILES string of the molecule is Cc1cc(C#N)ccc1Oc1ccc(C#N)cc1N.